The van der Waals surface area contributed by atoms with Gasteiger partial charge >= 0.3 is 41.7 Å². The maximum absolute atomic E-state index is 12.4. The normalized spacial score (nSPS) is 11.3. The lowest BCUT2D eigenvalue weighted by Crippen LogP contribution is -2.40. The summed E-state index contributed by atoms with van der Waals surface area (Å²) in [5, 5.41) is 10.7. The van der Waals surface area contributed by atoms with Gasteiger partial charge in [0.2, 0.25) is 0 Å². The molecule has 0 spiro atoms. The molecule has 0 amide bonds. The number of ether oxygens (including phenoxy) is 10. The Morgan fingerprint density at radius 1 is 0.414 bits per heavy atom. The maximum Gasteiger partial charge on any atom is 0.521 e. The summed E-state index contributed by atoms with van der Waals surface area (Å²) in [6.45, 7) is 0.549. The second kappa shape index (κ2) is 41.9. The van der Waals surface area contributed by atoms with Crippen molar-refractivity contribution < 1.29 is 104 Å². The number of non-ortho nitro benzene ring substituents is 1. The summed E-state index contributed by atoms with van der Waals surface area (Å²) in [5.41, 5.74) is 8.03. The Bertz CT molecular complexity index is 3450. The highest BCUT2D eigenvalue weighted by Crippen LogP contribution is 2.43. The van der Waals surface area contributed by atoms with Gasteiger partial charge in [-0.1, -0.05) is 109 Å². The van der Waals surface area contributed by atoms with Crippen molar-refractivity contribution in [2.24, 2.45) is 5.73 Å². The molecule has 0 fully saturated rings. The number of rotatable bonds is 38. The van der Waals surface area contributed by atoms with E-state index in [0.717, 1.165) is 63.4 Å². The van der Waals surface area contributed by atoms with Crippen molar-refractivity contribution >= 4 is 53.1 Å². The lowest BCUT2D eigenvalue weighted by Gasteiger charge is -2.36. The van der Waals surface area contributed by atoms with E-state index >= 15 is 0 Å². The number of nitrogens with two attached hydrogens (primary N) is 1. The maximum atomic E-state index is 12.4. The summed E-state index contributed by atoms with van der Waals surface area (Å²) in [6, 6.07) is 55.3. The first-order valence-corrected chi connectivity index (χ1v) is 35.5. The van der Waals surface area contributed by atoms with Gasteiger partial charge in [0, 0.05) is 65.5 Å². The second-order valence-corrected chi connectivity index (χ2v) is 27.1. The van der Waals surface area contributed by atoms with Crippen LogP contribution in [0.5, 0.6) is 28.7 Å². The van der Waals surface area contributed by atoms with Crippen molar-refractivity contribution in [1.82, 2.24) is 0 Å². The molecule has 0 radical (unpaired) electrons. The number of carbonyl (C=O) groups excluding carboxylic acids is 5. The molecule has 0 unspecified atom stereocenters. The van der Waals surface area contributed by atoms with E-state index in [1.165, 1.54) is 40.6 Å². The topological polar surface area (TPSA) is 324 Å². The number of Topliss-reactive ketones (excluding diaryl/α,β-unsaturated/α-hetero) is 1. The van der Waals surface area contributed by atoms with Crippen molar-refractivity contribution in [3.05, 3.63) is 225 Å². The fraction of sp³-hybridized carbons (Fsp3) is 0.347. The number of carbonyl (C=O) groups is 5. The highest BCUT2D eigenvalue weighted by Gasteiger charge is 2.40. The van der Waals surface area contributed by atoms with E-state index in [1.807, 2.05) is 158 Å². The first kappa shape index (κ1) is 80.4. The van der Waals surface area contributed by atoms with E-state index in [9.17, 15) is 43.7 Å². The van der Waals surface area contributed by atoms with Crippen LogP contribution in [-0.4, -0.2) is 152 Å². The molecule has 0 aliphatic carbocycles. The number of hydrogen-bond acceptors (Lipinski definition) is 24. The van der Waals surface area contributed by atoms with Gasteiger partial charge in [-0.25, -0.2) is 4.79 Å². The molecule has 7 rings (SSSR count). The molecule has 0 aliphatic heterocycles. The number of unbranched alkanes of at least 4 members (excludes halogenated alkanes) is 1. The van der Waals surface area contributed by atoms with Crippen molar-refractivity contribution in [1.29, 1.82) is 0 Å². The van der Waals surface area contributed by atoms with Crippen LogP contribution in [0.15, 0.2) is 182 Å². The van der Waals surface area contributed by atoms with E-state index < -0.39 is 64.2 Å². The van der Waals surface area contributed by atoms with E-state index in [2.05, 4.69) is 4.74 Å². The largest absolute Gasteiger partial charge is 0.521 e. The second-order valence-electron chi connectivity index (χ2n) is 21.6. The molecule has 0 heterocycles. The minimum atomic E-state index is -3.12. The molecular weight excluding hydrogens is 1320 g/mol. The lowest BCUT2D eigenvalue weighted by molar-refractivity contribution is -0.384. The summed E-state index contributed by atoms with van der Waals surface area (Å²) in [6.07, 6.45) is 0.198. The van der Waals surface area contributed by atoms with E-state index in [4.69, 9.17) is 66.1 Å². The summed E-state index contributed by atoms with van der Waals surface area (Å²) in [5.74, 6) is 0.519. The Kier molecular flexibility index (Phi) is 34.0. The summed E-state index contributed by atoms with van der Waals surface area (Å²) >= 11 is 0. The van der Waals surface area contributed by atoms with Crippen LogP contribution in [0.25, 0.3) is 0 Å². The average Bonchev–Trinajstić information content (AvgIpc) is 0.763. The van der Waals surface area contributed by atoms with Crippen LogP contribution in [0, 0.1) is 10.1 Å². The molecule has 7 aromatic rings. The van der Waals surface area contributed by atoms with Gasteiger partial charge in [-0.15, -0.1) is 0 Å². The highest BCUT2D eigenvalue weighted by molar-refractivity contribution is 6.59. The predicted octanol–water partition coefficient (Wildman–Crippen LogP) is 10.8. The molecule has 0 bridgehead atoms. The van der Waals surface area contributed by atoms with Gasteiger partial charge < -0.3 is 80.4 Å². The van der Waals surface area contributed by atoms with Crippen LogP contribution >= 0.6 is 0 Å². The molecule has 25 nitrogen and oxygen atoms in total. The quantitative estimate of drug-likeness (QED) is 0.00372. The Hall–Kier alpha value is -9.24. The van der Waals surface area contributed by atoms with Gasteiger partial charge in [0.1, 0.15) is 58.9 Å². The SMILES string of the molecule is CO[Si](O)(CCCN)OC.COc1ccc(C(OCCOC(=O)CCC(=O)CCCC[Si](O)(OC)OC)(c2ccccc2)c2ccc(OC)cc2)cc1.COc1ccc(C(OCCOC(=O)CCC(=O)OC(=O)Oc2ccc([N+](=O)[O-])cc2)(c2ccccc2)c2ccc(OC)cc2)cc1. The number of esters is 3. The van der Waals surface area contributed by atoms with Crippen molar-refractivity contribution in [2.75, 3.05) is 89.9 Å². The number of ketones is 1. The molecule has 0 aliphatic rings. The average molecular weight is 1410 g/mol. The first-order chi connectivity index (χ1) is 47.7. The lowest BCUT2D eigenvalue weighted by atomic mass is 9.80. The monoisotopic (exact) mass is 1400 g/mol. The Balaban J connectivity index is 0.000000314. The number of benzene rings is 7. The van der Waals surface area contributed by atoms with Crippen molar-refractivity contribution in [2.45, 2.75) is 74.7 Å². The molecule has 0 saturated heterocycles. The Morgan fingerprint density at radius 3 is 1.09 bits per heavy atom. The molecule has 0 saturated carbocycles. The van der Waals surface area contributed by atoms with E-state index in [0.29, 0.717) is 49.4 Å². The van der Waals surface area contributed by atoms with Gasteiger partial charge in [-0.3, -0.25) is 29.3 Å². The Morgan fingerprint density at radius 2 is 0.747 bits per heavy atom. The van der Waals surface area contributed by atoms with Crippen LogP contribution in [0.3, 0.4) is 0 Å². The number of nitro groups is 1. The molecule has 0 atom stereocenters. The molecule has 0 aromatic heterocycles. The van der Waals surface area contributed by atoms with Crippen LogP contribution in [0.2, 0.25) is 12.1 Å². The van der Waals surface area contributed by atoms with Gasteiger partial charge in [0.05, 0.1) is 65.8 Å². The van der Waals surface area contributed by atoms with E-state index in [-0.39, 0.29) is 62.9 Å². The fourth-order valence-electron chi connectivity index (χ4n) is 10.0. The fourth-order valence-corrected chi connectivity index (χ4v) is 12.5. The minimum Gasteiger partial charge on any atom is -0.497 e. The van der Waals surface area contributed by atoms with Crippen LogP contribution in [-0.2, 0) is 71.8 Å². The zero-order valence-corrected chi connectivity index (χ0v) is 58.9. The molecule has 27 heteroatoms. The molecule has 7 aromatic carbocycles. The summed E-state index contributed by atoms with van der Waals surface area (Å²) < 4.78 is 74.5. The van der Waals surface area contributed by atoms with Gasteiger partial charge in [-0.05, 0) is 120 Å². The third-order valence-electron chi connectivity index (χ3n) is 15.4. The zero-order chi connectivity index (χ0) is 72.1. The highest BCUT2D eigenvalue weighted by atomic mass is 28.4. The standard InChI is InChI=1S/C34H31NO11.C33H42O9Si.C5H15NO3Si/c1-41-28-14-8-25(9-15-28)34(24-6-4-3-5-7-24,26-10-16-29(42-2)17-11-26)44-23-22-43-31(36)20-21-32(37)46-33(38)45-30-18-12-27(13-19-30)35(39)40;1-37-30-18-13-27(14-19-30)33(26-10-6-5-7-11-26,28-15-20-31(38-2)21-16-28)42-24-23-41-32(35)22-17-29(34)12-8-9-25-43(36,39-3)40-4;1-8-10(7,9-2)5-3-4-6/h3-19H,20-23H2,1-2H3;5-7,10-11,13-16,18-21,36H,8-9,12,17,22-25H2,1-4H3;7H,3-6H2,1-2H3. The molecule has 532 valence electrons. The van der Waals surface area contributed by atoms with Crippen LogP contribution in [0.1, 0.15) is 84.7 Å². The predicted molar refractivity (Wildman–Crippen MR) is 368 cm³/mol. The molecular formula is C72H88N2O23Si2. The summed E-state index contributed by atoms with van der Waals surface area (Å²) in [4.78, 5) is 90.6. The van der Waals surface area contributed by atoms with Gasteiger partial charge in [-0.2, -0.15) is 0 Å². The van der Waals surface area contributed by atoms with Crippen molar-refractivity contribution in [3.8, 4) is 28.7 Å². The third-order valence-corrected chi connectivity index (χ3v) is 20.0. The molecule has 4 N–H and O–H groups in total. The van der Waals surface area contributed by atoms with Crippen LogP contribution < -0.4 is 29.4 Å². The number of nitrogens with zero attached hydrogens (tertiary/aromatic N) is 1. The summed E-state index contributed by atoms with van der Waals surface area (Å²) in [7, 11) is 6.22. The van der Waals surface area contributed by atoms with Crippen LogP contribution in [0.4, 0.5) is 10.5 Å². The third kappa shape index (κ3) is 24.9. The van der Waals surface area contributed by atoms with Gasteiger partial charge in [0.25, 0.3) is 5.69 Å². The number of hydrogen-bond donors (Lipinski definition) is 3. The number of methoxy groups -OCH3 is 4. The number of nitro benzene ring substituents is 1. The van der Waals surface area contributed by atoms with Crippen molar-refractivity contribution in [3.63, 3.8) is 0 Å². The van der Waals surface area contributed by atoms with E-state index in [1.54, 1.807) is 28.4 Å². The smallest absolute Gasteiger partial charge is 0.497 e. The Labute approximate surface area is 578 Å². The van der Waals surface area contributed by atoms with Gasteiger partial charge in [0.15, 0.2) is 0 Å². The molecule has 99 heavy (non-hydrogen) atoms. The first-order valence-electron chi connectivity index (χ1n) is 31.6. The minimum absolute atomic E-state index is 0.00551. The zero-order valence-electron chi connectivity index (χ0n) is 56.9.